The number of allylic oxidation sites excluding steroid dienone is 1. The third-order valence-corrected chi connectivity index (χ3v) is 7.85. The minimum absolute atomic E-state index is 0.252. The van der Waals surface area contributed by atoms with Gasteiger partial charge in [-0.25, -0.2) is 9.79 Å². The highest BCUT2D eigenvalue weighted by Crippen LogP contribution is 2.31. The van der Waals surface area contributed by atoms with Crippen LogP contribution in [0.3, 0.4) is 0 Å². The molecule has 1 aromatic heterocycles. The molecule has 0 fully saturated rings. The Balaban J connectivity index is 1.34. The van der Waals surface area contributed by atoms with Gasteiger partial charge in [-0.3, -0.25) is 9.36 Å². The Hall–Kier alpha value is -5.21. The third-order valence-electron chi connectivity index (χ3n) is 6.87. The molecule has 2 heterocycles. The van der Waals surface area contributed by atoms with Crippen LogP contribution in [0.5, 0.6) is 17.2 Å². The summed E-state index contributed by atoms with van der Waals surface area (Å²) >= 11 is 1.27. The van der Waals surface area contributed by atoms with Gasteiger partial charge in [0.15, 0.2) is 4.80 Å². The summed E-state index contributed by atoms with van der Waals surface area (Å²) in [6.07, 6.45) is 1.81. The first-order chi connectivity index (χ1) is 21.1. The summed E-state index contributed by atoms with van der Waals surface area (Å²) in [5.74, 6) is 1.28. The van der Waals surface area contributed by atoms with Crippen molar-refractivity contribution >= 4 is 23.4 Å². The fourth-order valence-corrected chi connectivity index (χ4v) is 5.92. The normalized spacial score (nSPS) is 14.5. The lowest BCUT2D eigenvalue weighted by atomic mass is 9.96. The topological polar surface area (TPSA) is 79.1 Å². The summed E-state index contributed by atoms with van der Waals surface area (Å²) < 4.78 is 19.6. The first kappa shape index (κ1) is 27.9. The first-order valence-electron chi connectivity index (χ1n) is 13.8. The van der Waals surface area contributed by atoms with Crippen LogP contribution in [-0.4, -0.2) is 23.8 Å². The monoisotopic (exact) mass is 588 g/mol. The summed E-state index contributed by atoms with van der Waals surface area (Å²) in [4.78, 5) is 32.8. The number of hydrogen-bond acceptors (Lipinski definition) is 7. The van der Waals surface area contributed by atoms with Crippen LogP contribution in [0, 0.1) is 0 Å². The second-order valence-electron chi connectivity index (χ2n) is 9.74. The Bertz CT molecular complexity index is 1950. The van der Waals surface area contributed by atoms with E-state index >= 15 is 0 Å². The maximum atomic E-state index is 14.0. The van der Waals surface area contributed by atoms with Gasteiger partial charge in [-0.2, -0.15) is 0 Å². The molecule has 6 rings (SSSR count). The fraction of sp³-hybridized carbons (Fsp3) is 0.114. The predicted octanol–water partition coefficient (Wildman–Crippen LogP) is 5.30. The summed E-state index contributed by atoms with van der Waals surface area (Å²) in [6, 6.07) is 34.7. The van der Waals surface area contributed by atoms with Crippen molar-refractivity contribution in [2.75, 3.05) is 13.2 Å². The largest absolute Gasteiger partial charge is 0.490 e. The van der Waals surface area contributed by atoms with E-state index in [1.807, 2.05) is 91.0 Å². The molecule has 8 heteroatoms. The molecule has 0 radical (unpaired) electrons. The zero-order valence-corrected chi connectivity index (χ0v) is 24.2. The second kappa shape index (κ2) is 12.8. The van der Waals surface area contributed by atoms with Gasteiger partial charge >= 0.3 is 5.97 Å². The Morgan fingerprint density at radius 1 is 0.814 bits per heavy atom. The minimum Gasteiger partial charge on any atom is -0.490 e. The van der Waals surface area contributed by atoms with E-state index in [-0.39, 0.29) is 5.56 Å². The van der Waals surface area contributed by atoms with E-state index in [1.54, 1.807) is 41.8 Å². The Labute approximate surface area is 252 Å². The molecule has 43 heavy (non-hydrogen) atoms. The number of carbonyl (C=O) groups is 1. The van der Waals surface area contributed by atoms with Crippen LogP contribution in [0.25, 0.3) is 6.08 Å². The lowest BCUT2D eigenvalue weighted by molar-refractivity contribution is -0.130. The molecule has 4 aromatic carbocycles. The van der Waals surface area contributed by atoms with Gasteiger partial charge in [-0.05, 0) is 48.9 Å². The van der Waals surface area contributed by atoms with Crippen LogP contribution in [0.1, 0.15) is 24.1 Å². The average molecular weight is 589 g/mol. The van der Waals surface area contributed by atoms with Crippen LogP contribution >= 0.6 is 11.3 Å². The highest BCUT2D eigenvalue weighted by atomic mass is 32.1. The van der Waals surface area contributed by atoms with E-state index in [0.717, 1.165) is 16.9 Å². The second-order valence-corrected chi connectivity index (χ2v) is 10.8. The van der Waals surface area contributed by atoms with Gasteiger partial charge in [-0.15, -0.1) is 0 Å². The summed E-state index contributed by atoms with van der Waals surface area (Å²) in [5.41, 5.74) is 2.10. The van der Waals surface area contributed by atoms with Crippen molar-refractivity contribution in [1.29, 1.82) is 0 Å². The summed E-state index contributed by atoms with van der Waals surface area (Å²) in [6.45, 7) is 2.48. The van der Waals surface area contributed by atoms with Gasteiger partial charge in [0.25, 0.3) is 5.56 Å². The molecule has 0 N–H and O–H groups in total. The van der Waals surface area contributed by atoms with Gasteiger partial charge in [0.2, 0.25) is 0 Å². The molecular formula is C35H28N2O5S. The van der Waals surface area contributed by atoms with Crippen molar-refractivity contribution in [1.82, 2.24) is 4.57 Å². The van der Waals surface area contributed by atoms with Crippen molar-refractivity contribution in [3.8, 4) is 17.2 Å². The standard InChI is InChI=1S/C35H28N2O5S/c1-24-31(34(39)42-28-18-9-4-10-19-28)32(25-13-5-2-6-14-25)37-33(38)30(43-35(37)36-24)23-26-15-11-12-20-29(26)41-22-21-40-27-16-7-3-8-17-27/h2-20,23,32H,21-22H2,1H3/b30-23-/t32-/m0/s1. The lowest BCUT2D eigenvalue weighted by Gasteiger charge is -2.24. The van der Waals surface area contributed by atoms with Crippen molar-refractivity contribution in [3.63, 3.8) is 0 Å². The zero-order chi connectivity index (χ0) is 29.6. The van der Waals surface area contributed by atoms with Crippen LogP contribution in [0.4, 0.5) is 0 Å². The number of fused-ring (bicyclic) bond motifs is 1. The Morgan fingerprint density at radius 3 is 2.14 bits per heavy atom. The van der Waals surface area contributed by atoms with E-state index in [1.165, 1.54) is 11.3 Å². The lowest BCUT2D eigenvalue weighted by Crippen LogP contribution is -2.40. The molecule has 0 aliphatic carbocycles. The summed E-state index contributed by atoms with van der Waals surface area (Å²) in [5, 5.41) is 0. The number of hydrogen-bond donors (Lipinski definition) is 0. The van der Waals surface area contributed by atoms with Gasteiger partial charge in [0, 0.05) is 5.56 Å². The quantitative estimate of drug-likeness (QED) is 0.133. The van der Waals surface area contributed by atoms with Crippen LogP contribution < -0.4 is 29.1 Å². The Morgan fingerprint density at radius 2 is 1.42 bits per heavy atom. The number of thiazole rings is 1. The van der Waals surface area contributed by atoms with Gasteiger partial charge in [0.1, 0.15) is 30.5 Å². The van der Waals surface area contributed by atoms with Crippen molar-refractivity contribution < 1.29 is 19.0 Å². The molecule has 0 unspecified atom stereocenters. The number of esters is 1. The fourth-order valence-electron chi connectivity index (χ4n) is 4.88. The third kappa shape index (κ3) is 6.19. The van der Waals surface area contributed by atoms with Crippen molar-refractivity contribution in [2.45, 2.75) is 13.0 Å². The van der Waals surface area contributed by atoms with E-state index < -0.39 is 12.0 Å². The number of ether oxygens (including phenoxy) is 3. The molecule has 0 amide bonds. The number of nitrogens with zero attached hydrogens (tertiary/aromatic N) is 2. The SMILES string of the molecule is CC1=C(C(=O)Oc2ccccc2)[C@H](c2ccccc2)n2c(s/c(=C\c3ccccc3OCCOc3ccccc3)c2=O)=N1. The smallest absolute Gasteiger partial charge is 0.343 e. The molecule has 0 saturated carbocycles. The van der Waals surface area contributed by atoms with Gasteiger partial charge < -0.3 is 14.2 Å². The van der Waals surface area contributed by atoms with Gasteiger partial charge in [-0.1, -0.05) is 96.3 Å². The number of rotatable bonds is 9. The van der Waals surface area contributed by atoms with E-state index in [4.69, 9.17) is 19.2 Å². The molecule has 0 spiro atoms. The molecule has 214 valence electrons. The number of aromatic nitrogens is 1. The number of carbonyl (C=O) groups excluding carboxylic acids is 1. The van der Waals surface area contributed by atoms with E-state index in [0.29, 0.717) is 45.3 Å². The van der Waals surface area contributed by atoms with Crippen molar-refractivity contribution in [3.05, 3.63) is 157 Å². The molecule has 0 saturated heterocycles. The maximum absolute atomic E-state index is 14.0. The van der Waals surface area contributed by atoms with Crippen LogP contribution in [0.15, 0.2) is 136 Å². The molecule has 0 bridgehead atoms. The maximum Gasteiger partial charge on any atom is 0.343 e. The van der Waals surface area contributed by atoms with Crippen LogP contribution in [-0.2, 0) is 4.79 Å². The van der Waals surface area contributed by atoms with E-state index in [9.17, 15) is 9.59 Å². The van der Waals surface area contributed by atoms with E-state index in [2.05, 4.69) is 0 Å². The zero-order valence-electron chi connectivity index (χ0n) is 23.4. The molecule has 1 aliphatic heterocycles. The highest BCUT2D eigenvalue weighted by molar-refractivity contribution is 7.07. The highest BCUT2D eigenvalue weighted by Gasteiger charge is 2.33. The molecule has 7 nitrogen and oxygen atoms in total. The van der Waals surface area contributed by atoms with Crippen molar-refractivity contribution in [2.24, 2.45) is 4.99 Å². The molecule has 1 aliphatic rings. The van der Waals surface area contributed by atoms with Crippen LogP contribution in [0.2, 0.25) is 0 Å². The average Bonchev–Trinajstić information content (AvgIpc) is 3.34. The minimum atomic E-state index is -0.697. The number of para-hydroxylation sites is 3. The first-order valence-corrected chi connectivity index (χ1v) is 14.6. The number of benzene rings is 4. The Kier molecular flexibility index (Phi) is 8.28. The summed E-state index contributed by atoms with van der Waals surface area (Å²) in [7, 11) is 0. The molecule has 5 aromatic rings. The molecule has 1 atom stereocenters. The van der Waals surface area contributed by atoms with Gasteiger partial charge in [0.05, 0.1) is 21.8 Å². The molecular weight excluding hydrogens is 560 g/mol. The predicted molar refractivity (Wildman–Crippen MR) is 166 cm³/mol.